The zero-order valence-electron chi connectivity index (χ0n) is 16.3. The van der Waals surface area contributed by atoms with E-state index in [2.05, 4.69) is 4.74 Å². The van der Waals surface area contributed by atoms with Gasteiger partial charge in [0.05, 0.1) is 24.5 Å². The lowest BCUT2D eigenvalue weighted by Gasteiger charge is -2.07. The van der Waals surface area contributed by atoms with Crippen molar-refractivity contribution in [2.75, 3.05) is 20.3 Å². The monoisotopic (exact) mass is 382 g/mol. The van der Waals surface area contributed by atoms with Crippen molar-refractivity contribution in [2.24, 2.45) is 0 Å². The zero-order valence-corrected chi connectivity index (χ0v) is 16.3. The topological polar surface area (TPSA) is 75.0 Å². The molecular weight excluding hydrogens is 360 g/mol. The maximum absolute atomic E-state index is 12.8. The molecule has 3 aromatic rings. The molecule has 0 N–H and O–H groups in total. The summed E-state index contributed by atoms with van der Waals surface area (Å²) in [4.78, 5) is 24.0. The van der Waals surface area contributed by atoms with Gasteiger partial charge < -0.3 is 18.6 Å². The SMILES string of the molecule is CCOc1cc(-c2ccc(OCC(=O)OC)cc2)cc(=O)c2c(C)oc(C)c12. The number of aryl methyl sites for hydroxylation is 2. The van der Waals surface area contributed by atoms with Gasteiger partial charge in [-0.1, -0.05) is 12.1 Å². The van der Waals surface area contributed by atoms with Crippen molar-refractivity contribution >= 4 is 16.7 Å². The molecule has 0 radical (unpaired) electrons. The second-order valence-electron chi connectivity index (χ2n) is 6.26. The standard InChI is InChI=1S/C22H22O6/c1-5-26-19-11-16(10-18(23)21-13(2)28-14(3)22(19)21)15-6-8-17(9-7-15)27-12-20(24)25-4/h6-11H,5,12H2,1-4H3. The Hall–Kier alpha value is -3.28. The van der Waals surface area contributed by atoms with Gasteiger partial charge in [0.25, 0.3) is 0 Å². The number of methoxy groups -OCH3 is 1. The number of fused-ring (bicyclic) bond motifs is 1. The van der Waals surface area contributed by atoms with Crippen LogP contribution < -0.4 is 14.9 Å². The van der Waals surface area contributed by atoms with Gasteiger partial charge in [0.1, 0.15) is 23.0 Å². The summed E-state index contributed by atoms with van der Waals surface area (Å²) in [5.74, 6) is 1.92. The van der Waals surface area contributed by atoms with E-state index in [0.717, 1.165) is 11.1 Å². The zero-order chi connectivity index (χ0) is 20.3. The van der Waals surface area contributed by atoms with E-state index in [9.17, 15) is 9.59 Å². The van der Waals surface area contributed by atoms with Crippen LogP contribution in [0.5, 0.6) is 11.5 Å². The van der Waals surface area contributed by atoms with Crippen LogP contribution in [0.15, 0.2) is 45.6 Å². The highest BCUT2D eigenvalue weighted by atomic mass is 16.6. The van der Waals surface area contributed by atoms with Gasteiger partial charge in [-0.3, -0.25) is 4.79 Å². The average molecular weight is 382 g/mol. The molecule has 0 amide bonds. The molecule has 0 saturated heterocycles. The van der Waals surface area contributed by atoms with Crippen LogP contribution in [-0.4, -0.2) is 26.3 Å². The minimum Gasteiger partial charge on any atom is -0.493 e. The third-order valence-corrected chi connectivity index (χ3v) is 4.40. The van der Waals surface area contributed by atoms with Crippen LogP contribution >= 0.6 is 0 Å². The predicted octanol–water partition coefficient (Wildman–Crippen LogP) is 4.03. The first-order valence-electron chi connectivity index (χ1n) is 8.95. The number of benzene rings is 1. The summed E-state index contributed by atoms with van der Waals surface area (Å²) in [6.45, 7) is 5.80. The second-order valence-corrected chi connectivity index (χ2v) is 6.26. The van der Waals surface area contributed by atoms with Crippen LogP contribution in [0.3, 0.4) is 0 Å². The molecule has 0 bridgehead atoms. The summed E-state index contributed by atoms with van der Waals surface area (Å²) in [6, 6.07) is 10.6. The van der Waals surface area contributed by atoms with E-state index in [-0.39, 0.29) is 12.0 Å². The molecule has 0 fully saturated rings. The summed E-state index contributed by atoms with van der Waals surface area (Å²) >= 11 is 0. The maximum Gasteiger partial charge on any atom is 0.343 e. The van der Waals surface area contributed by atoms with Crippen LogP contribution in [0.1, 0.15) is 18.4 Å². The van der Waals surface area contributed by atoms with E-state index in [4.69, 9.17) is 13.9 Å². The number of rotatable bonds is 6. The van der Waals surface area contributed by atoms with Crippen molar-refractivity contribution in [3.8, 4) is 22.6 Å². The molecule has 0 spiro atoms. The molecule has 6 nitrogen and oxygen atoms in total. The van der Waals surface area contributed by atoms with Gasteiger partial charge in [0, 0.05) is 0 Å². The van der Waals surface area contributed by atoms with Gasteiger partial charge in [0.2, 0.25) is 0 Å². The smallest absolute Gasteiger partial charge is 0.343 e. The molecule has 0 unspecified atom stereocenters. The van der Waals surface area contributed by atoms with Crippen LogP contribution in [0, 0.1) is 13.8 Å². The van der Waals surface area contributed by atoms with Gasteiger partial charge in [-0.2, -0.15) is 0 Å². The fourth-order valence-corrected chi connectivity index (χ4v) is 3.13. The Labute approximate surface area is 162 Å². The molecule has 0 aliphatic carbocycles. The first-order chi connectivity index (χ1) is 13.4. The summed E-state index contributed by atoms with van der Waals surface area (Å²) in [7, 11) is 1.31. The molecule has 3 rings (SSSR count). The molecule has 0 aliphatic heterocycles. The molecule has 1 aromatic heterocycles. The van der Waals surface area contributed by atoms with Gasteiger partial charge in [-0.25, -0.2) is 4.79 Å². The lowest BCUT2D eigenvalue weighted by atomic mass is 10.1. The minimum atomic E-state index is -0.452. The summed E-state index contributed by atoms with van der Waals surface area (Å²) in [5.41, 5.74) is 1.42. The lowest BCUT2D eigenvalue weighted by molar-refractivity contribution is -0.142. The van der Waals surface area contributed by atoms with E-state index in [0.29, 0.717) is 40.4 Å². The van der Waals surface area contributed by atoms with Crippen molar-refractivity contribution in [3.05, 3.63) is 58.1 Å². The summed E-state index contributed by atoms with van der Waals surface area (Å²) in [6.07, 6.45) is 0. The van der Waals surface area contributed by atoms with Gasteiger partial charge in [-0.15, -0.1) is 0 Å². The van der Waals surface area contributed by atoms with Crippen molar-refractivity contribution in [2.45, 2.75) is 20.8 Å². The molecule has 28 heavy (non-hydrogen) atoms. The van der Waals surface area contributed by atoms with Crippen molar-refractivity contribution in [1.29, 1.82) is 0 Å². The third kappa shape index (κ3) is 3.86. The molecular formula is C22H22O6. The number of esters is 1. The lowest BCUT2D eigenvalue weighted by Crippen LogP contribution is -2.12. The number of carbonyl (C=O) groups is 1. The molecule has 0 atom stereocenters. The second kappa shape index (κ2) is 8.17. The first kappa shape index (κ1) is 19.5. The van der Waals surface area contributed by atoms with Gasteiger partial charge in [0.15, 0.2) is 12.0 Å². The third-order valence-electron chi connectivity index (χ3n) is 4.40. The Morgan fingerprint density at radius 1 is 0.964 bits per heavy atom. The average Bonchev–Trinajstić information content (AvgIpc) is 2.89. The molecule has 6 heteroatoms. The van der Waals surface area contributed by atoms with Gasteiger partial charge >= 0.3 is 5.97 Å². The Morgan fingerprint density at radius 2 is 1.64 bits per heavy atom. The van der Waals surface area contributed by atoms with Crippen LogP contribution in [0.4, 0.5) is 0 Å². The highest BCUT2D eigenvalue weighted by Gasteiger charge is 2.16. The van der Waals surface area contributed by atoms with E-state index in [1.54, 1.807) is 25.1 Å². The molecule has 2 aromatic carbocycles. The fraction of sp³-hybridized carbons (Fsp3) is 0.273. The number of hydrogen-bond acceptors (Lipinski definition) is 6. The molecule has 146 valence electrons. The molecule has 1 heterocycles. The Balaban J connectivity index is 2.06. The van der Waals surface area contributed by atoms with E-state index in [1.165, 1.54) is 7.11 Å². The Kier molecular flexibility index (Phi) is 5.68. The summed E-state index contributed by atoms with van der Waals surface area (Å²) in [5, 5.41) is 1.24. The van der Waals surface area contributed by atoms with Crippen molar-refractivity contribution in [3.63, 3.8) is 0 Å². The number of hydrogen-bond donors (Lipinski definition) is 0. The van der Waals surface area contributed by atoms with Crippen LogP contribution in [0.2, 0.25) is 0 Å². The van der Waals surface area contributed by atoms with Gasteiger partial charge in [-0.05, 0) is 56.2 Å². The fourth-order valence-electron chi connectivity index (χ4n) is 3.13. The maximum atomic E-state index is 12.8. The van der Waals surface area contributed by atoms with Crippen molar-refractivity contribution in [1.82, 2.24) is 0 Å². The quantitative estimate of drug-likeness (QED) is 0.599. The highest BCUT2D eigenvalue weighted by Crippen LogP contribution is 2.33. The normalized spacial score (nSPS) is 10.7. The van der Waals surface area contributed by atoms with Crippen LogP contribution in [-0.2, 0) is 9.53 Å². The summed E-state index contributed by atoms with van der Waals surface area (Å²) < 4.78 is 21.4. The van der Waals surface area contributed by atoms with E-state index < -0.39 is 5.97 Å². The van der Waals surface area contributed by atoms with E-state index in [1.807, 2.05) is 32.0 Å². The van der Waals surface area contributed by atoms with Crippen LogP contribution in [0.25, 0.3) is 21.9 Å². The minimum absolute atomic E-state index is 0.128. The number of furan rings is 1. The molecule has 0 saturated carbocycles. The van der Waals surface area contributed by atoms with Crippen molar-refractivity contribution < 1.29 is 23.4 Å². The highest BCUT2D eigenvalue weighted by molar-refractivity contribution is 5.92. The Bertz CT molecular complexity index is 1060. The first-order valence-corrected chi connectivity index (χ1v) is 8.95. The van der Waals surface area contributed by atoms with E-state index >= 15 is 0 Å². The largest absolute Gasteiger partial charge is 0.493 e. The predicted molar refractivity (Wildman–Crippen MR) is 106 cm³/mol. The molecule has 0 aliphatic rings. The number of carbonyl (C=O) groups excluding carboxylic acids is 1. The number of ether oxygens (including phenoxy) is 3. The Morgan fingerprint density at radius 3 is 2.29 bits per heavy atom.